The second-order valence-corrected chi connectivity index (χ2v) is 12.6. The second-order valence-electron chi connectivity index (χ2n) is 12.6. The number of benzene rings is 2. The number of ether oxygens (including phenoxy) is 2. The first-order chi connectivity index (χ1) is 22.8. The Bertz CT molecular complexity index is 1730. The zero-order valence-corrected chi connectivity index (χ0v) is 27.6. The zero-order chi connectivity index (χ0) is 33.1. The van der Waals surface area contributed by atoms with Crippen LogP contribution in [0.1, 0.15) is 29.9 Å². The lowest BCUT2D eigenvalue weighted by atomic mass is 9.96. The van der Waals surface area contributed by atoms with Crippen molar-refractivity contribution in [2.45, 2.75) is 32.6 Å². The summed E-state index contributed by atoms with van der Waals surface area (Å²) in [5.41, 5.74) is 4.94. The van der Waals surface area contributed by atoms with E-state index < -0.39 is 12.1 Å². The highest BCUT2D eigenvalue weighted by molar-refractivity contribution is 6.10. The molecule has 2 aromatic carbocycles. The molecule has 6 rings (SSSR count). The van der Waals surface area contributed by atoms with Crippen LogP contribution in [0.25, 0.3) is 22.0 Å². The number of fused-ring (bicyclic) bond motifs is 5. The maximum absolute atomic E-state index is 14.6. The van der Waals surface area contributed by atoms with Crippen LogP contribution in [0.3, 0.4) is 0 Å². The number of rotatable bonds is 6. The average Bonchev–Trinajstić information content (AvgIpc) is 3.39. The maximum atomic E-state index is 14.6. The number of anilines is 2. The molecule has 0 radical (unpaired) electrons. The number of aliphatic hydroxyl groups excluding tert-OH is 1. The molecule has 0 bridgehead atoms. The van der Waals surface area contributed by atoms with Crippen molar-refractivity contribution >= 4 is 34.3 Å². The van der Waals surface area contributed by atoms with Gasteiger partial charge in [0.2, 0.25) is 0 Å². The van der Waals surface area contributed by atoms with Gasteiger partial charge in [0.15, 0.2) is 0 Å². The summed E-state index contributed by atoms with van der Waals surface area (Å²) in [7, 11) is 3.67. The monoisotopic (exact) mass is 640 g/mol. The fourth-order valence-corrected chi connectivity index (χ4v) is 6.56. The summed E-state index contributed by atoms with van der Waals surface area (Å²) in [6.07, 6.45) is 1.29. The molecular formula is C36H44N6O5. The predicted molar refractivity (Wildman–Crippen MR) is 183 cm³/mol. The van der Waals surface area contributed by atoms with Gasteiger partial charge in [-0.1, -0.05) is 49.4 Å². The molecule has 2 N–H and O–H groups in total. The molecule has 11 nitrogen and oxygen atoms in total. The van der Waals surface area contributed by atoms with E-state index >= 15 is 0 Å². The highest BCUT2D eigenvalue weighted by atomic mass is 16.5. The minimum Gasteiger partial charge on any atom is -0.394 e. The molecule has 0 aliphatic carbocycles. The molecule has 3 amide bonds. The van der Waals surface area contributed by atoms with Crippen molar-refractivity contribution in [1.82, 2.24) is 19.4 Å². The van der Waals surface area contributed by atoms with Gasteiger partial charge in [0.25, 0.3) is 5.91 Å². The number of morpholine rings is 1. The number of carbonyl (C=O) groups is 2. The van der Waals surface area contributed by atoms with Gasteiger partial charge < -0.3 is 39.2 Å². The molecule has 2 aliphatic heterocycles. The number of hydrogen-bond acceptors (Lipinski definition) is 7. The predicted octanol–water partition coefficient (Wildman–Crippen LogP) is 4.60. The van der Waals surface area contributed by atoms with Crippen LogP contribution in [-0.2, 0) is 23.1 Å². The number of pyridine rings is 1. The molecule has 11 heteroatoms. The standard InChI is InChI=1S/C36H44N6O5/c1-24-20-42(25(2)22-43)35(44)34-33(29-11-7-8-12-30(29)40(34)4)28-10-6-5-9-26(28)23-47-31(24)21-39(3)36(45)38-27-13-14-37-32(19-27)41-15-17-46-18-16-41/h5-14,19,24-25,31,43H,15-18,20-23H2,1-4H3,(H,37,38,45)/t24-,25+,31-/m0/s1. The molecule has 2 aromatic heterocycles. The number of para-hydroxylation sites is 1. The molecule has 47 heavy (non-hydrogen) atoms. The third-order valence-corrected chi connectivity index (χ3v) is 9.36. The van der Waals surface area contributed by atoms with Crippen molar-refractivity contribution in [1.29, 1.82) is 0 Å². The van der Waals surface area contributed by atoms with Gasteiger partial charge in [-0.3, -0.25) is 4.79 Å². The van der Waals surface area contributed by atoms with Crippen LogP contribution >= 0.6 is 0 Å². The zero-order valence-electron chi connectivity index (χ0n) is 27.6. The van der Waals surface area contributed by atoms with Crippen LogP contribution in [0.15, 0.2) is 66.9 Å². The van der Waals surface area contributed by atoms with Crippen molar-refractivity contribution in [3.63, 3.8) is 0 Å². The van der Waals surface area contributed by atoms with E-state index in [4.69, 9.17) is 9.47 Å². The van der Waals surface area contributed by atoms with Gasteiger partial charge in [-0.15, -0.1) is 0 Å². The highest BCUT2D eigenvalue weighted by Gasteiger charge is 2.34. The summed E-state index contributed by atoms with van der Waals surface area (Å²) in [5.74, 6) is 0.479. The van der Waals surface area contributed by atoms with E-state index in [1.165, 1.54) is 0 Å². The SMILES string of the molecule is C[C@H](CO)N1C[C@H](C)[C@H](CN(C)C(=O)Nc2ccnc(N3CCOCC3)c2)OCc2ccccc2-c2c(n(C)c3ccccc23)C1=O. The van der Waals surface area contributed by atoms with Crippen molar-refractivity contribution in [3.05, 3.63) is 78.1 Å². The van der Waals surface area contributed by atoms with Gasteiger partial charge in [-0.25, -0.2) is 9.78 Å². The van der Waals surface area contributed by atoms with E-state index in [1.807, 2.05) is 80.1 Å². The van der Waals surface area contributed by atoms with Crippen LogP contribution < -0.4 is 10.2 Å². The number of hydrogen-bond donors (Lipinski definition) is 2. The Morgan fingerprint density at radius 1 is 1.13 bits per heavy atom. The number of aryl methyl sites for hydroxylation is 1. The number of likely N-dealkylation sites (N-methyl/N-ethyl adjacent to an activating group) is 1. The average molecular weight is 641 g/mol. The number of aliphatic hydroxyl groups is 1. The van der Waals surface area contributed by atoms with Crippen LogP contribution in [-0.4, -0.2) is 102 Å². The van der Waals surface area contributed by atoms with Crippen LogP contribution in [0.4, 0.5) is 16.3 Å². The minimum atomic E-state index is -0.430. The van der Waals surface area contributed by atoms with Gasteiger partial charge >= 0.3 is 6.03 Å². The summed E-state index contributed by atoms with van der Waals surface area (Å²) in [5, 5.41) is 14.3. The first-order valence-corrected chi connectivity index (χ1v) is 16.3. The van der Waals surface area contributed by atoms with Crippen LogP contribution in [0, 0.1) is 5.92 Å². The molecule has 4 heterocycles. The highest BCUT2D eigenvalue weighted by Crippen LogP contribution is 2.38. The molecule has 0 spiro atoms. The van der Waals surface area contributed by atoms with Gasteiger partial charge in [0, 0.05) is 80.6 Å². The molecular weight excluding hydrogens is 596 g/mol. The number of carbonyl (C=O) groups excluding carboxylic acids is 2. The maximum Gasteiger partial charge on any atom is 0.321 e. The van der Waals surface area contributed by atoms with Gasteiger partial charge in [0.1, 0.15) is 11.5 Å². The largest absolute Gasteiger partial charge is 0.394 e. The summed E-state index contributed by atoms with van der Waals surface area (Å²) >= 11 is 0. The van der Waals surface area contributed by atoms with E-state index in [2.05, 4.69) is 15.2 Å². The molecule has 4 aromatic rings. The lowest BCUT2D eigenvalue weighted by Crippen LogP contribution is -2.48. The summed E-state index contributed by atoms with van der Waals surface area (Å²) in [6.45, 7) is 7.44. The van der Waals surface area contributed by atoms with E-state index in [0.29, 0.717) is 44.3 Å². The van der Waals surface area contributed by atoms with E-state index in [9.17, 15) is 14.7 Å². The van der Waals surface area contributed by atoms with E-state index in [-0.39, 0.29) is 24.5 Å². The molecule has 0 saturated carbocycles. The lowest BCUT2D eigenvalue weighted by Gasteiger charge is -2.35. The fourth-order valence-electron chi connectivity index (χ4n) is 6.56. The Labute approximate surface area is 275 Å². The Balaban J connectivity index is 1.29. The number of nitrogens with zero attached hydrogens (tertiary/aromatic N) is 5. The van der Waals surface area contributed by atoms with E-state index in [0.717, 1.165) is 46.5 Å². The van der Waals surface area contributed by atoms with Gasteiger partial charge in [0.05, 0.1) is 38.6 Å². The molecule has 2 aliphatic rings. The number of aromatic nitrogens is 2. The van der Waals surface area contributed by atoms with Crippen molar-refractivity contribution in [3.8, 4) is 11.1 Å². The first kappa shape index (κ1) is 32.5. The quantitative estimate of drug-likeness (QED) is 0.317. The molecule has 3 atom stereocenters. The number of amides is 3. The van der Waals surface area contributed by atoms with Crippen molar-refractivity contribution < 1.29 is 24.2 Å². The molecule has 248 valence electrons. The Hall–Kier alpha value is -4.45. The molecule has 1 fully saturated rings. The lowest BCUT2D eigenvalue weighted by molar-refractivity contribution is -0.0179. The third kappa shape index (κ3) is 6.69. The van der Waals surface area contributed by atoms with Crippen LogP contribution in [0.5, 0.6) is 0 Å². The second kappa shape index (κ2) is 14.1. The fraction of sp³-hybridized carbons (Fsp3) is 0.417. The normalized spacial score (nSPS) is 19.5. The van der Waals surface area contributed by atoms with Crippen molar-refractivity contribution in [2.75, 3.05) is 63.3 Å². The third-order valence-electron chi connectivity index (χ3n) is 9.36. The summed E-state index contributed by atoms with van der Waals surface area (Å²) in [6, 6.07) is 19.0. The number of urea groups is 1. The van der Waals surface area contributed by atoms with Crippen LogP contribution in [0.2, 0.25) is 0 Å². The molecule has 1 saturated heterocycles. The first-order valence-electron chi connectivity index (χ1n) is 16.3. The van der Waals surface area contributed by atoms with E-state index in [1.54, 1.807) is 29.1 Å². The Morgan fingerprint density at radius 3 is 2.66 bits per heavy atom. The smallest absolute Gasteiger partial charge is 0.321 e. The summed E-state index contributed by atoms with van der Waals surface area (Å²) < 4.78 is 14.1. The Morgan fingerprint density at radius 2 is 1.87 bits per heavy atom. The molecule has 0 unspecified atom stereocenters. The number of nitrogens with one attached hydrogen (secondary N) is 1. The van der Waals surface area contributed by atoms with Gasteiger partial charge in [-0.05, 0) is 30.2 Å². The van der Waals surface area contributed by atoms with Gasteiger partial charge in [-0.2, -0.15) is 0 Å². The Kier molecular flexibility index (Phi) is 9.76. The van der Waals surface area contributed by atoms with Crippen molar-refractivity contribution in [2.24, 2.45) is 13.0 Å². The minimum absolute atomic E-state index is 0.151. The summed E-state index contributed by atoms with van der Waals surface area (Å²) in [4.78, 5) is 38.0. The topological polar surface area (TPSA) is 112 Å².